The zero-order chi connectivity index (χ0) is 13.0. The number of hydrogen-bond donors (Lipinski definition) is 0. The van der Waals surface area contributed by atoms with Gasteiger partial charge in [0.1, 0.15) is 5.75 Å². The molecule has 1 heterocycles. The lowest BCUT2D eigenvalue weighted by Crippen LogP contribution is -2.04. The van der Waals surface area contributed by atoms with Gasteiger partial charge in [-0.1, -0.05) is 12.1 Å². The molecule has 0 aliphatic rings. The average molecular weight is 241 g/mol. The SMILES string of the molecule is CCOc1cccc(C(=O)c2ccncc2C)c1. The number of aromatic nitrogens is 1. The number of carbonyl (C=O) groups is 1. The van der Waals surface area contributed by atoms with Crippen LogP contribution in [0.5, 0.6) is 5.75 Å². The Morgan fingerprint density at radius 2 is 2.17 bits per heavy atom. The summed E-state index contributed by atoms with van der Waals surface area (Å²) in [4.78, 5) is 16.3. The van der Waals surface area contributed by atoms with E-state index in [1.165, 1.54) is 0 Å². The molecule has 0 amide bonds. The van der Waals surface area contributed by atoms with E-state index >= 15 is 0 Å². The Balaban J connectivity index is 2.34. The number of aryl methyl sites for hydroxylation is 1. The van der Waals surface area contributed by atoms with Crippen LogP contribution in [0.4, 0.5) is 0 Å². The second kappa shape index (κ2) is 5.45. The largest absolute Gasteiger partial charge is 0.494 e. The van der Waals surface area contributed by atoms with Crippen molar-refractivity contribution in [2.24, 2.45) is 0 Å². The molecule has 0 unspecified atom stereocenters. The zero-order valence-electron chi connectivity index (χ0n) is 10.5. The second-order valence-electron chi connectivity index (χ2n) is 3.98. The number of nitrogens with zero attached hydrogens (tertiary/aromatic N) is 1. The summed E-state index contributed by atoms with van der Waals surface area (Å²) in [5.74, 6) is 0.714. The minimum absolute atomic E-state index is 0.00328. The maximum absolute atomic E-state index is 12.3. The molecule has 0 spiro atoms. The van der Waals surface area contributed by atoms with E-state index < -0.39 is 0 Å². The molecule has 1 aromatic heterocycles. The Labute approximate surface area is 106 Å². The van der Waals surface area contributed by atoms with Crippen LogP contribution in [0.25, 0.3) is 0 Å². The van der Waals surface area contributed by atoms with E-state index in [1.54, 1.807) is 30.6 Å². The van der Waals surface area contributed by atoms with Gasteiger partial charge in [-0.05, 0) is 37.6 Å². The number of ether oxygens (including phenoxy) is 1. The van der Waals surface area contributed by atoms with Gasteiger partial charge in [0.2, 0.25) is 0 Å². The summed E-state index contributed by atoms with van der Waals surface area (Å²) in [7, 11) is 0. The van der Waals surface area contributed by atoms with Crippen molar-refractivity contribution in [3.8, 4) is 5.75 Å². The van der Waals surface area contributed by atoms with Gasteiger partial charge in [-0.3, -0.25) is 9.78 Å². The molecule has 0 N–H and O–H groups in total. The molecule has 0 saturated carbocycles. The maximum Gasteiger partial charge on any atom is 0.193 e. The first-order valence-corrected chi connectivity index (χ1v) is 5.90. The molecule has 0 aliphatic carbocycles. The smallest absolute Gasteiger partial charge is 0.193 e. The fourth-order valence-electron chi connectivity index (χ4n) is 1.78. The molecule has 92 valence electrons. The zero-order valence-corrected chi connectivity index (χ0v) is 10.5. The highest BCUT2D eigenvalue weighted by Gasteiger charge is 2.12. The van der Waals surface area contributed by atoms with Crippen LogP contribution in [0.15, 0.2) is 42.7 Å². The van der Waals surface area contributed by atoms with Crippen molar-refractivity contribution in [1.29, 1.82) is 0 Å². The molecule has 3 nitrogen and oxygen atoms in total. The summed E-state index contributed by atoms with van der Waals surface area (Å²) in [5, 5.41) is 0. The molecule has 1 aromatic carbocycles. The number of hydrogen-bond acceptors (Lipinski definition) is 3. The summed E-state index contributed by atoms with van der Waals surface area (Å²) < 4.78 is 5.40. The minimum Gasteiger partial charge on any atom is -0.494 e. The first-order valence-electron chi connectivity index (χ1n) is 5.90. The van der Waals surface area contributed by atoms with Gasteiger partial charge >= 0.3 is 0 Å². The molecule has 3 heteroatoms. The standard InChI is InChI=1S/C15H15NO2/c1-3-18-13-6-4-5-12(9-13)15(17)14-7-8-16-10-11(14)2/h4-10H,3H2,1-2H3. The predicted molar refractivity (Wildman–Crippen MR) is 70.0 cm³/mol. The van der Waals surface area contributed by atoms with Gasteiger partial charge in [-0.15, -0.1) is 0 Å². The van der Waals surface area contributed by atoms with Crippen LogP contribution in [-0.2, 0) is 0 Å². The van der Waals surface area contributed by atoms with Crippen molar-refractivity contribution < 1.29 is 9.53 Å². The normalized spacial score (nSPS) is 10.1. The molecule has 2 aromatic rings. The highest BCUT2D eigenvalue weighted by molar-refractivity contribution is 6.09. The fraction of sp³-hybridized carbons (Fsp3) is 0.200. The predicted octanol–water partition coefficient (Wildman–Crippen LogP) is 3.02. The highest BCUT2D eigenvalue weighted by atomic mass is 16.5. The third kappa shape index (κ3) is 2.56. The molecule has 0 fully saturated rings. The summed E-state index contributed by atoms with van der Waals surface area (Å²) in [6.07, 6.45) is 3.33. The number of pyridine rings is 1. The lowest BCUT2D eigenvalue weighted by Gasteiger charge is -2.07. The van der Waals surface area contributed by atoms with Gasteiger partial charge in [0.05, 0.1) is 6.61 Å². The van der Waals surface area contributed by atoms with Gasteiger partial charge < -0.3 is 4.74 Å². The van der Waals surface area contributed by atoms with E-state index in [0.717, 1.165) is 11.3 Å². The van der Waals surface area contributed by atoms with E-state index in [0.29, 0.717) is 17.7 Å². The molecule has 0 radical (unpaired) electrons. The van der Waals surface area contributed by atoms with Crippen molar-refractivity contribution in [1.82, 2.24) is 4.98 Å². The second-order valence-corrected chi connectivity index (χ2v) is 3.98. The van der Waals surface area contributed by atoms with Crippen LogP contribution in [0.3, 0.4) is 0 Å². The Hall–Kier alpha value is -2.16. The van der Waals surface area contributed by atoms with Crippen molar-refractivity contribution in [2.45, 2.75) is 13.8 Å². The third-order valence-corrected chi connectivity index (χ3v) is 2.67. The van der Waals surface area contributed by atoms with Crippen molar-refractivity contribution in [3.05, 3.63) is 59.4 Å². The molecule has 0 saturated heterocycles. The van der Waals surface area contributed by atoms with Gasteiger partial charge in [0, 0.05) is 23.5 Å². The van der Waals surface area contributed by atoms with Crippen molar-refractivity contribution in [2.75, 3.05) is 6.61 Å². The summed E-state index contributed by atoms with van der Waals surface area (Å²) >= 11 is 0. The van der Waals surface area contributed by atoms with Crippen molar-refractivity contribution >= 4 is 5.78 Å². The van der Waals surface area contributed by atoms with Gasteiger partial charge in [-0.2, -0.15) is 0 Å². The first-order chi connectivity index (χ1) is 8.72. The number of benzene rings is 1. The number of carbonyl (C=O) groups excluding carboxylic acids is 1. The molecular formula is C15H15NO2. The highest BCUT2D eigenvalue weighted by Crippen LogP contribution is 2.18. The van der Waals surface area contributed by atoms with E-state index in [-0.39, 0.29) is 5.78 Å². The summed E-state index contributed by atoms with van der Waals surface area (Å²) in [5.41, 5.74) is 2.19. The molecule has 0 bridgehead atoms. The van der Waals surface area contributed by atoms with Gasteiger partial charge in [-0.25, -0.2) is 0 Å². The Kier molecular flexibility index (Phi) is 3.72. The minimum atomic E-state index is -0.00328. The third-order valence-electron chi connectivity index (χ3n) is 2.67. The summed E-state index contributed by atoms with van der Waals surface area (Å²) in [6, 6.07) is 8.98. The quantitative estimate of drug-likeness (QED) is 0.772. The van der Waals surface area contributed by atoms with Crippen LogP contribution in [0.2, 0.25) is 0 Å². The van der Waals surface area contributed by atoms with Gasteiger partial charge in [0.15, 0.2) is 5.78 Å². The maximum atomic E-state index is 12.3. The van der Waals surface area contributed by atoms with Gasteiger partial charge in [0.25, 0.3) is 0 Å². The monoisotopic (exact) mass is 241 g/mol. The first kappa shape index (κ1) is 12.3. The summed E-state index contributed by atoms with van der Waals surface area (Å²) in [6.45, 7) is 4.39. The van der Waals surface area contributed by atoms with Crippen LogP contribution >= 0.6 is 0 Å². The molecule has 18 heavy (non-hydrogen) atoms. The number of rotatable bonds is 4. The van der Waals surface area contributed by atoms with Crippen molar-refractivity contribution in [3.63, 3.8) is 0 Å². The fourth-order valence-corrected chi connectivity index (χ4v) is 1.78. The number of ketones is 1. The molecular weight excluding hydrogens is 226 g/mol. The Morgan fingerprint density at radius 3 is 2.89 bits per heavy atom. The van der Waals surface area contributed by atoms with Crippen LogP contribution < -0.4 is 4.74 Å². The topological polar surface area (TPSA) is 39.2 Å². The molecule has 2 rings (SSSR count). The Bertz CT molecular complexity index is 564. The van der Waals surface area contributed by atoms with E-state index in [1.807, 2.05) is 26.0 Å². The van der Waals surface area contributed by atoms with E-state index in [2.05, 4.69) is 4.98 Å². The van der Waals surface area contributed by atoms with Crippen LogP contribution in [0.1, 0.15) is 28.4 Å². The molecule has 0 atom stereocenters. The average Bonchev–Trinajstić information content (AvgIpc) is 2.39. The van der Waals surface area contributed by atoms with Crippen LogP contribution in [-0.4, -0.2) is 17.4 Å². The lowest BCUT2D eigenvalue weighted by atomic mass is 10.0. The lowest BCUT2D eigenvalue weighted by molar-refractivity contribution is 0.103. The van der Waals surface area contributed by atoms with E-state index in [9.17, 15) is 4.79 Å². The Morgan fingerprint density at radius 1 is 1.33 bits per heavy atom. The molecule has 0 aliphatic heterocycles. The van der Waals surface area contributed by atoms with E-state index in [4.69, 9.17) is 4.74 Å². The van der Waals surface area contributed by atoms with Crippen LogP contribution in [0, 0.1) is 6.92 Å².